The number of anilines is 3. The fourth-order valence-corrected chi connectivity index (χ4v) is 3.74. The van der Waals surface area contributed by atoms with E-state index in [1.54, 1.807) is 12.1 Å². The fourth-order valence-electron chi connectivity index (χ4n) is 3.74. The van der Waals surface area contributed by atoms with Crippen LogP contribution in [0.1, 0.15) is 24.5 Å². The molecule has 0 amide bonds. The molecule has 2 heterocycles. The Morgan fingerprint density at radius 1 is 1.12 bits per heavy atom. The molecule has 32 heavy (non-hydrogen) atoms. The highest BCUT2D eigenvalue weighted by molar-refractivity contribution is 5.75. The fraction of sp³-hybridized carbons (Fsp3) is 0.240. The van der Waals surface area contributed by atoms with Crippen LogP contribution in [-0.4, -0.2) is 18.1 Å². The topological polar surface area (TPSA) is 40.2 Å². The number of halogens is 3. The first-order valence-corrected chi connectivity index (χ1v) is 10.6. The number of fused-ring (bicyclic) bond motifs is 1. The molecular weight excluding hydrogens is 413 g/mol. The second-order valence-electron chi connectivity index (χ2n) is 7.70. The van der Waals surface area contributed by atoms with Crippen LogP contribution in [0.15, 0.2) is 73.1 Å². The largest absolute Gasteiger partial charge is 0.416 e. The summed E-state index contributed by atoms with van der Waals surface area (Å²) < 4.78 is 39.5. The standard InChI is InChI=1S/C25H25F3N4/c1-3-18-7-4-10-21(15-18)30-17(2)32-14-6-13-29-23-12-11-22(31-24(23)32)19-8-5-9-20(16-19)25(26,27)28/h4-5,7-12,15-16,29-30H,2-3,6,13-14H2,1H3. The highest BCUT2D eigenvalue weighted by atomic mass is 19.4. The van der Waals surface area contributed by atoms with Crippen LogP contribution in [0.25, 0.3) is 11.3 Å². The van der Waals surface area contributed by atoms with Crippen LogP contribution in [0.2, 0.25) is 0 Å². The van der Waals surface area contributed by atoms with Crippen molar-refractivity contribution in [1.29, 1.82) is 0 Å². The summed E-state index contributed by atoms with van der Waals surface area (Å²) in [6.07, 6.45) is -2.61. The van der Waals surface area contributed by atoms with Crippen molar-refractivity contribution in [1.82, 2.24) is 4.98 Å². The Morgan fingerprint density at radius 3 is 2.72 bits per heavy atom. The van der Waals surface area contributed by atoms with Gasteiger partial charge in [0.2, 0.25) is 0 Å². The molecule has 0 fully saturated rings. The zero-order chi connectivity index (χ0) is 22.7. The number of pyridine rings is 1. The van der Waals surface area contributed by atoms with Gasteiger partial charge in [-0.15, -0.1) is 0 Å². The molecule has 0 saturated carbocycles. The summed E-state index contributed by atoms with van der Waals surface area (Å²) in [7, 11) is 0. The van der Waals surface area contributed by atoms with Gasteiger partial charge in [-0.25, -0.2) is 4.98 Å². The number of nitrogens with zero attached hydrogens (tertiary/aromatic N) is 2. The maximum Gasteiger partial charge on any atom is 0.416 e. The number of alkyl halides is 3. The number of nitrogens with one attached hydrogen (secondary N) is 2. The first-order valence-electron chi connectivity index (χ1n) is 10.6. The predicted molar refractivity (Wildman–Crippen MR) is 124 cm³/mol. The third-order valence-electron chi connectivity index (χ3n) is 5.44. The Labute approximate surface area is 185 Å². The van der Waals surface area contributed by atoms with Crippen molar-refractivity contribution in [3.05, 3.63) is 84.2 Å². The number of hydrogen-bond donors (Lipinski definition) is 2. The van der Waals surface area contributed by atoms with Crippen LogP contribution in [0.5, 0.6) is 0 Å². The Bertz CT molecular complexity index is 1120. The van der Waals surface area contributed by atoms with Gasteiger partial charge in [0.1, 0.15) is 5.82 Å². The van der Waals surface area contributed by atoms with Gasteiger partial charge in [-0.2, -0.15) is 13.2 Å². The van der Waals surface area contributed by atoms with Gasteiger partial charge in [-0.3, -0.25) is 0 Å². The van der Waals surface area contributed by atoms with E-state index in [2.05, 4.69) is 36.3 Å². The Balaban J connectivity index is 1.67. The van der Waals surface area contributed by atoms with Crippen LogP contribution < -0.4 is 15.5 Å². The van der Waals surface area contributed by atoms with Crippen LogP contribution in [0, 0.1) is 0 Å². The van der Waals surface area contributed by atoms with E-state index in [4.69, 9.17) is 4.98 Å². The van der Waals surface area contributed by atoms with Crippen molar-refractivity contribution in [3.63, 3.8) is 0 Å². The Morgan fingerprint density at radius 2 is 1.94 bits per heavy atom. The summed E-state index contributed by atoms with van der Waals surface area (Å²) in [5.41, 5.74) is 3.17. The highest BCUT2D eigenvalue weighted by Gasteiger charge is 2.30. The molecular formula is C25H25F3N4. The summed E-state index contributed by atoms with van der Waals surface area (Å²) in [5.74, 6) is 1.30. The quantitative estimate of drug-likeness (QED) is 0.475. The molecule has 7 heteroatoms. The summed E-state index contributed by atoms with van der Waals surface area (Å²) in [6, 6.07) is 17.0. The van der Waals surface area contributed by atoms with Gasteiger partial charge in [0.05, 0.1) is 16.9 Å². The molecule has 0 atom stereocenters. The molecule has 1 aliphatic heterocycles. The number of aryl methyl sites for hydroxylation is 1. The molecule has 1 aliphatic rings. The predicted octanol–water partition coefficient (Wildman–Crippen LogP) is 6.54. The second-order valence-corrected chi connectivity index (χ2v) is 7.70. The minimum absolute atomic E-state index is 0.418. The van der Waals surface area contributed by atoms with E-state index in [1.165, 1.54) is 11.6 Å². The van der Waals surface area contributed by atoms with E-state index in [9.17, 15) is 13.2 Å². The van der Waals surface area contributed by atoms with Crippen LogP contribution in [0.4, 0.5) is 30.4 Å². The van der Waals surface area contributed by atoms with Crippen LogP contribution in [-0.2, 0) is 12.6 Å². The minimum Gasteiger partial charge on any atom is -0.382 e. The lowest BCUT2D eigenvalue weighted by Crippen LogP contribution is -2.28. The molecule has 0 saturated heterocycles. The SMILES string of the molecule is C=C(Nc1cccc(CC)c1)N1CCCNc2ccc(-c3cccc(C(F)(F)F)c3)nc21. The normalized spacial score (nSPS) is 13.7. The second kappa shape index (κ2) is 8.94. The Hall–Kier alpha value is -3.48. The van der Waals surface area contributed by atoms with Crippen molar-refractivity contribution < 1.29 is 13.2 Å². The summed E-state index contributed by atoms with van der Waals surface area (Å²) in [4.78, 5) is 6.72. The zero-order valence-corrected chi connectivity index (χ0v) is 17.8. The first kappa shape index (κ1) is 21.7. The zero-order valence-electron chi connectivity index (χ0n) is 17.8. The van der Waals surface area contributed by atoms with Crippen molar-refractivity contribution in [2.24, 2.45) is 0 Å². The van der Waals surface area contributed by atoms with E-state index in [0.717, 1.165) is 42.9 Å². The van der Waals surface area contributed by atoms with Crippen molar-refractivity contribution in [2.45, 2.75) is 25.9 Å². The van der Waals surface area contributed by atoms with Gasteiger partial charge in [-0.1, -0.05) is 37.8 Å². The smallest absolute Gasteiger partial charge is 0.382 e. The van der Waals surface area contributed by atoms with Crippen molar-refractivity contribution in [2.75, 3.05) is 28.6 Å². The van der Waals surface area contributed by atoms with E-state index < -0.39 is 11.7 Å². The highest BCUT2D eigenvalue weighted by Crippen LogP contribution is 2.35. The molecule has 0 bridgehead atoms. The number of aromatic nitrogens is 1. The summed E-state index contributed by atoms with van der Waals surface area (Å²) >= 11 is 0. The molecule has 2 N–H and O–H groups in total. The van der Waals surface area contributed by atoms with Crippen LogP contribution >= 0.6 is 0 Å². The van der Waals surface area contributed by atoms with E-state index in [-0.39, 0.29) is 0 Å². The molecule has 0 spiro atoms. The van der Waals surface area contributed by atoms with Gasteiger partial charge in [0.25, 0.3) is 0 Å². The summed E-state index contributed by atoms with van der Waals surface area (Å²) in [5, 5.41) is 6.71. The average molecular weight is 438 g/mol. The van der Waals surface area contributed by atoms with Crippen molar-refractivity contribution in [3.8, 4) is 11.3 Å². The van der Waals surface area contributed by atoms with Gasteiger partial charge in [0.15, 0.2) is 5.82 Å². The third kappa shape index (κ3) is 4.72. The summed E-state index contributed by atoms with van der Waals surface area (Å²) in [6.45, 7) is 7.77. The molecule has 0 aliphatic carbocycles. The van der Waals surface area contributed by atoms with E-state index >= 15 is 0 Å². The lowest BCUT2D eigenvalue weighted by molar-refractivity contribution is -0.137. The molecule has 0 unspecified atom stereocenters. The number of rotatable bonds is 5. The van der Waals surface area contributed by atoms with Gasteiger partial charge < -0.3 is 15.5 Å². The molecule has 1 aromatic heterocycles. The lowest BCUT2D eigenvalue weighted by Gasteiger charge is -2.26. The molecule has 4 rings (SSSR count). The average Bonchev–Trinajstić information content (AvgIpc) is 3.01. The monoisotopic (exact) mass is 438 g/mol. The van der Waals surface area contributed by atoms with E-state index in [0.29, 0.717) is 29.4 Å². The van der Waals surface area contributed by atoms with E-state index in [1.807, 2.05) is 23.1 Å². The lowest BCUT2D eigenvalue weighted by atomic mass is 10.1. The van der Waals surface area contributed by atoms with Gasteiger partial charge in [-0.05, 0) is 54.8 Å². The maximum absolute atomic E-state index is 13.2. The Kier molecular flexibility index (Phi) is 6.08. The van der Waals surface area contributed by atoms with Crippen LogP contribution in [0.3, 0.4) is 0 Å². The first-order chi connectivity index (χ1) is 15.3. The molecule has 2 aromatic carbocycles. The molecule has 3 aromatic rings. The number of benzene rings is 2. The molecule has 166 valence electrons. The minimum atomic E-state index is -4.40. The number of hydrogen-bond acceptors (Lipinski definition) is 4. The molecule has 0 radical (unpaired) electrons. The van der Waals surface area contributed by atoms with Gasteiger partial charge in [0, 0.05) is 24.3 Å². The molecule has 4 nitrogen and oxygen atoms in total. The van der Waals surface area contributed by atoms with Crippen molar-refractivity contribution >= 4 is 17.2 Å². The van der Waals surface area contributed by atoms with Gasteiger partial charge >= 0.3 is 6.18 Å². The maximum atomic E-state index is 13.2. The third-order valence-corrected chi connectivity index (χ3v) is 5.44.